The summed E-state index contributed by atoms with van der Waals surface area (Å²) in [6.07, 6.45) is 16.2. The number of aliphatic carboxylic acids is 2. The van der Waals surface area contributed by atoms with E-state index >= 15 is 0 Å². The van der Waals surface area contributed by atoms with Gasteiger partial charge in [-0.25, -0.2) is 4.39 Å². The van der Waals surface area contributed by atoms with Gasteiger partial charge in [0.25, 0.3) is 0 Å². The Hall–Kier alpha value is -5.31. The van der Waals surface area contributed by atoms with Gasteiger partial charge >= 0.3 is 11.9 Å². The van der Waals surface area contributed by atoms with Crippen LogP contribution in [0, 0.1) is 5.82 Å². The molecule has 0 spiro atoms. The maximum absolute atomic E-state index is 14.9. The Kier molecular flexibility index (Phi) is 13.3. The first kappa shape index (κ1) is 36.0. The van der Waals surface area contributed by atoms with Gasteiger partial charge in [0.1, 0.15) is 29.8 Å². The number of halogens is 1. The highest BCUT2D eigenvalue weighted by atomic mass is 19.1. The van der Waals surface area contributed by atoms with Crippen LogP contribution in [0.2, 0.25) is 0 Å². The van der Waals surface area contributed by atoms with Gasteiger partial charge in [-0.05, 0) is 97.5 Å². The molecule has 0 aromatic heterocycles. The molecule has 0 unspecified atom stereocenters. The molecule has 1 heterocycles. The smallest absolute Gasteiger partial charge is 0.303 e. The van der Waals surface area contributed by atoms with E-state index in [0.29, 0.717) is 59.2 Å². The lowest BCUT2D eigenvalue weighted by Crippen LogP contribution is -2.07. The fourth-order valence-electron chi connectivity index (χ4n) is 5.94. The third-order valence-electron chi connectivity index (χ3n) is 8.50. The highest BCUT2D eigenvalue weighted by molar-refractivity contribution is 5.73. The molecule has 8 nitrogen and oxygen atoms in total. The number of hydrogen-bond acceptors (Lipinski definition) is 6. The molecule has 1 aliphatic heterocycles. The van der Waals surface area contributed by atoms with Crippen LogP contribution in [0.5, 0.6) is 11.5 Å². The van der Waals surface area contributed by atoms with Gasteiger partial charge in [-0.1, -0.05) is 61.4 Å². The van der Waals surface area contributed by atoms with Crippen LogP contribution in [0.4, 0.5) is 4.39 Å². The van der Waals surface area contributed by atoms with E-state index in [9.17, 15) is 19.1 Å². The molecule has 0 amide bonds. The van der Waals surface area contributed by atoms with Crippen LogP contribution in [0.1, 0.15) is 74.5 Å². The van der Waals surface area contributed by atoms with Gasteiger partial charge in [0.05, 0.1) is 13.2 Å². The minimum Gasteiger partial charge on any atom is -0.494 e. The lowest BCUT2D eigenvalue weighted by Gasteiger charge is -2.20. The zero-order chi connectivity index (χ0) is 35.1. The number of carboxylic acid groups (broad SMARTS) is 2. The second-order valence-corrected chi connectivity index (χ2v) is 12.2. The van der Waals surface area contributed by atoms with Crippen molar-refractivity contribution in [3.63, 3.8) is 0 Å². The summed E-state index contributed by atoms with van der Waals surface area (Å²) >= 11 is 0. The fraction of sp³-hybridized carbons (Fsp3) is 0.317. The number of allylic oxidation sites excluding steroid dienone is 4. The molecule has 2 aliphatic rings. The number of rotatable bonds is 19. The SMILES string of the molecule is O=C(O)CCCOc1cccc(CCCCCCOc2cc(C3=COC=C(C4=CC=CCC4)O3)cc(-c3ccccc3F)c2)c1CCC(=O)O. The summed E-state index contributed by atoms with van der Waals surface area (Å²) in [5.41, 5.74) is 4.81. The first-order valence-electron chi connectivity index (χ1n) is 17.2. The summed E-state index contributed by atoms with van der Waals surface area (Å²) in [7, 11) is 0. The number of aryl methyl sites for hydroxylation is 1. The lowest BCUT2D eigenvalue weighted by atomic mass is 9.97. The Morgan fingerprint density at radius 3 is 2.36 bits per heavy atom. The molecule has 0 fully saturated rings. The van der Waals surface area contributed by atoms with Gasteiger partial charge in [-0.3, -0.25) is 9.59 Å². The molecule has 3 aromatic carbocycles. The maximum atomic E-state index is 14.9. The predicted octanol–water partition coefficient (Wildman–Crippen LogP) is 9.40. The van der Waals surface area contributed by atoms with E-state index in [4.69, 9.17) is 24.1 Å². The summed E-state index contributed by atoms with van der Waals surface area (Å²) in [4.78, 5) is 22.2. The first-order chi connectivity index (χ1) is 24.4. The highest BCUT2D eigenvalue weighted by Crippen LogP contribution is 2.35. The van der Waals surface area contributed by atoms with E-state index in [1.165, 1.54) is 6.07 Å². The molecule has 1 aliphatic carbocycles. The second-order valence-electron chi connectivity index (χ2n) is 12.2. The molecule has 0 bridgehead atoms. The van der Waals surface area contributed by atoms with Crippen molar-refractivity contribution < 1.29 is 43.1 Å². The summed E-state index contributed by atoms with van der Waals surface area (Å²) in [5, 5.41) is 18.2. The van der Waals surface area contributed by atoms with Crippen LogP contribution in [0.15, 0.2) is 103 Å². The first-order valence-corrected chi connectivity index (χ1v) is 17.2. The quantitative estimate of drug-likeness (QED) is 0.120. The average molecular weight is 683 g/mol. The van der Waals surface area contributed by atoms with Gasteiger partial charge in [0.15, 0.2) is 11.5 Å². The maximum Gasteiger partial charge on any atom is 0.303 e. The van der Waals surface area contributed by atoms with E-state index in [1.54, 1.807) is 30.7 Å². The number of carbonyl (C=O) groups is 2. The average Bonchev–Trinajstić information content (AvgIpc) is 3.13. The zero-order valence-corrected chi connectivity index (χ0v) is 28.1. The Morgan fingerprint density at radius 2 is 1.56 bits per heavy atom. The molecule has 5 rings (SSSR count). The summed E-state index contributed by atoms with van der Waals surface area (Å²) in [5.74, 6) is 0.301. The molecule has 3 aromatic rings. The minimum atomic E-state index is -0.879. The lowest BCUT2D eigenvalue weighted by molar-refractivity contribution is -0.138. The van der Waals surface area contributed by atoms with Crippen LogP contribution in [0.3, 0.4) is 0 Å². The zero-order valence-electron chi connectivity index (χ0n) is 28.1. The van der Waals surface area contributed by atoms with E-state index in [0.717, 1.165) is 61.6 Å². The molecule has 2 N–H and O–H groups in total. The van der Waals surface area contributed by atoms with Gasteiger partial charge in [-0.2, -0.15) is 0 Å². The monoisotopic (exact) mass is 682 g/mol. The van der Waals surface area contributed by atoms with Crippen molar-refractivity contribution in [1.82, 2.24) is 0 Å². The van der Waals surface area contributed by atoms with E-state index in [-0.39, 0.29) is 25.3 Å². The molecule has 50 heavy (non-hydrogen) atoms. The van der Waals surface area contributed by atoms with Gasteiger partial charge < -0.3 is 29.2 Å². The summed E-state index contributed by atoms with van der Waals surface area (Å²) < 4.78 is 38.9. The van der Waals surface area contributed by atoms with Crippen LogP contribution in [-0.4, -0.2) is 35.4 Å². The van der Waals surface area contributed by atoms with Crippen LogP contribution >= 0.6 is 0 Å². The molecule has 9 heteroatoms. The fourth-order valence-corrected chi connectivity index (χ4v) is 5.94. The number of carboxylic acids is 2. The van der Waals surface area contributed by atoms with Gasteiger partial charge in [-0.15, -0.1) is 0 Å². The van der Waals surface area contributed by atoms with E-state index in [2.05, 4.69) is 6.08 Å². The summed E-state index contributed by atoms with van der Waals surface area (Å²) in [6.45, 7) is 0.734. The molecule has 0 saturated carbocycles. The summed E-state index contributed by atoms with van der Waals surface area (Å²) in [6, 6.07) is 18.0. The van der Waals surface area contributed by atoms with Gasteiger partial charge in [0, 0.05) is 24.0 Å². The van der Waals surface area contributed by atoms with Crippen molar-refractivity contribution in [2.45, 2.75) is 70.6 Å². The van der Waals surface area contributed by atoms with Crippen molar-refractivity contribution in [3.8, 4) is 22.6 Å². The third kappa shape index (κ3) is 10.6. The second kappa shape index (κ2) is 18.5. The van der Waals surface area contributed by atoms with Gasteiger partial charge in [0.2, 0.25) is 0 Å². The van der Waals surface area contributed by atoms with Crippen molar-refractivity contribution >= 4 is 17.7 Å². The standard InChI is InChI=1S/C41H43FO8/c42-36-17-8-7-16-34(36)31-24-32(39-28-47-27-38(50-39)30-13-5-3-6-14-30)26-33(25-31)48-22-9-2-1-4-12-29-15-10-18-37(35(29)20-21-41(45)46)49-23-11-19-40(43)44/h3,5,7-8,10,13,15-18,24-28H,1-2,4,6,9,11-12,14,19-23H2,(H,43,44)(H,45,46). The minimum absolute atomic E-state index is 0.0103. The molecule has 0 atom stereocenters. The number of unbranched alkanes of at least 4 members (excludes halogenated alkanes) is 3. The largest absolute Gasteiger partial charge is 0.494 e. The Labute approximate surface area is 292 Å². The van der Waals surface area contributed by atoms with Crippen LogP contribution in [0.25, 0.3) is 16.9 Å². The number of benzene rings is 3. The van der Waals surface area contributed by atoms with E-state index < -0.39 is 11.9 Å². The van der Waals surface area contributed by atoms with E-state index in [1.807, 2.05) is 48.6 Å². The number of hydrogen-bond donors (Lipinski definition) is 2. The Bertz CT molecular complexity index is 1770. The Morgan fingerprint density at radius 1 is 0.780 bits per heavy atom. The number of ether oxygens (including phenoxy) is 4. The predicted molar refractivity (Wildman–Crippen MR) is 189 cm³/mol. The molecular formula is C41H43FO8. The molecule has 0 saturated heterocycles. The third-order valence-corrected chi connectivity index (χ3v) is 8.50. The van der Waals surface area contributed by atoms with Crippen LogP contribution in [-0.2, 0) is 31.9 Å². The van der Waals surface area contributed by atoms with Crippen molar-refractivity contribution in [2.75, 3.05) is 13.2 Å². The van der Waals surface area contributed by atoms with Crippen molar-refractivity contribution in [3.05, 3.63) is 125 Å². The van der Waals surface area contributed by atoms with Crippen LogP contribution < -0.4 is 9.47 Å². The molecular weight excluding hydrogens is 639 g/mol. The highest BCUT2D eigenvalue weighted by Gasteiger charge is 2.19. The molecule has 0 radical (unpaired) electrons. The Balaban J connectivity index is 1.17. The normalized spacial score (nSPS) is 13.7. The van der Waals surface area contributed by atoms with Crippen molar-refractivity contribution in [2.24, 2.45) is 0 Å². The van der Waals surface area contributed by atoms with Crippen molar-refractivity contribution in [1.29, 1.82) is 0 Å². The molecule has 262 valence electrons. The topological polar surface area (TPSA) is 112 Å².